The van der Waals surface area contributed by atoms with Crippen LogP contribution in [-0.4, -0.2) is 10.2 Å². The van der Waals surface area contributed by atoms with E-state index in [1.165, 1.54) is 0 Å². The van der Waals surface area contributed by atoms with Gasteiger partial charge in [0.25, 0.3) is 5.56 Å². The van der Waals surface area contributed by atoms with Crippen molar-refractivity contribution in [3.8, 4) is 11.6 Å². The molecule has 1 aromatic heterocycles. The molecule has 116 valence electrons. The minimum Gasteiger partial charge on any atom is -0.434 e. The smallest absolute Gasteiger partial charge is 0.267 e. The number of ether oxygens (including phenoxy) is 1. The summed E-state index contributed by atoms with van der Waals surface area (Å²) in [5.74, 6) is 0.876. The number of rotatable bonds is 3. The molecular formula is C15H13BrCl2N2O2. The van der Waals surface area contributed by atoms with Crippen LogP contribution < -0.4 is 10.3 Å². The highest BCUT2D eigenvalue weighted by molar-refractivity contribution is 9.10. The van der Waals surface area contributed by atoms with Gasteiger partial charge in [0.2, 0.25) is 5.88 Å². The van der Waals surface area contributed by atoms with Crippen molar-refractivity contribution in [2.75, 3.05) is 0 Å². The van der Waals surface area contributed by atoms with Gasteiger partial charge < -0.3 is 4.74 Å². The molecule has 7 heteroatoms. The number of H-pyrrole nitrogens is 1. The minimum absolute atomic E-state index is 0.160. The van der Waals surface area contributed by atoms with E-state index in [0.29, 0.717) is 21.4 Å². The molecule has 2 aromatic rings. The molecule has 1 aliphatic rings. The zero-order valence-corrected chi connectivity index (χ0v) is 14.6. The normalized spacial score (nSPS) is 15.2. The Balaban J connectivity index is 1.93. The first-order valence-corrected chi connectivity index (χ1v) is 8.51. The lowest BCUT2D eigenvalue weighted by Crippen LogP contribution is -2.16. The SMILES string of the molecule is O=c1[nH]nc(Oc2c(Cl)cc(Br)cc2Cl)cc1C1CCCC1. The summed E-state index contributed by atoms with van der Waals surface area (Å²) in [7, 11) is 0. The number of benzene rings is 1. The predicted octanol–water partition coefficient (Wildman–Crippen LogP) is 5.29. The molecule has 0 spiro atoms. The van der Waals surface area contributed by atoms with Gasteiger partial charge in [0.05, 0.1) is 10.0 Å². The lowest BCUT2D eigenvalue weighted by atomic mass is 10.00. The lowest BCUT2D eigenvalue weighted by Gasteiger charge is -2.12. The van der Waals surface area contributed by atoms with Crippen LogP contribution in [0.1, 0.15) is 37.2 Å². The van der Waals surface area contributed by atoms with Gasteiger partial charge in [-0.3, -0.25) is 4.79 Å². The van der Waals surface area contributed by atoms with Crippen molar-refractivity contribution in [3.63, 3.8) is 0 Å². The maximum atomic E-state index is 12.0. The second kappa shape index (κ2) is 6.60. The van der Waals surface area contributed by atoms with Gasteiger partial charge in [-0.2, -0.15) is 0 Å². The van der Waals surface area contributed by atoms with Gasteiger partial charge in [0.1, 0.15) is 0 Å². The number of hydrogen-bond acceptors (Lipinski definition) is 3. The molecule has 1 aromatic carbocycles. The summed E-state index contributed by atoms with van der Waals surface area (Å²) in [5, 5.41) is 7.15. The van der Waals surface area contributed by atoms with Crippen LogP contribution in [0.5, 0.6) is 11.6 Å². The van der Waals surface area contributed by atoms with Crippen LogP contribution in [0, 0.1) is 0 Å². The molecule has 1 fully saturated rings. The highest BCUT2D eigenvalue weighted by Gasteiger charge is 2.21. The molecule has 0 unspecified atom stereocenters. The van der Waals surface area contributed by atoms with Crippen LogP contribution in [0.15, 0.2) is 27.5 Å². The molecule has 1 aliphatic carbocycles. The molecule has 3 rings (SSSR count). The maximum Gasteiger partial charge on any atom is 0.267 e. The fourth-order valence-corrected chi connectivity index (χ4v) is 4.01. The molecule has 0 saturated heterocycles. The molecular weight excluding hydrogens is 391 g/mol. The molecule has 0 bridgehead atoms. The standard InChI is InChI=1S/C15H13BrCl2N2O2/c16-9-5-11(17)14(12(18)6-9)22-13-7-10(15(21)20-19-13)8-3-1-2-4-8/h5-8H,1-4H2,(H,20,21). The molecule has 0 aliphatic heterocycles. The third kappa shape index (κ3) is 3.31. The first kappa shape index (κ1) is 15.8. The molecule has 22 heavy (non-hydrogen) atoms. The Labute approximate surface area is 145 Å². The topological polar surface area (TPSA) is 55.0 Å². The Morgan fingerprint density at radius 3 is 2.45 bits per heavy atom. The first-order valence-electron chi connectivity index (χ1n) is 6.96. The van der Waals surface area contributed by atoms with Crippen molar-refractivity contribution in [3.05, 3.63) is 48.6 Å². The predicted molar refractivity (Wildman–Crippen MR) is 90.3 cm³/mol. The van der Waals surface area contributed by atoms with Gasteiger partial charge in [0.15, 0.2) is 5.75 Å². The van der Waals surface area contributed by atoms with Gasteiger partial charge in [-0.15, -0.1) is 5.10 Å². The van der Waals surface area contributed by atoms with E-state index < -0.39 is 0 Å². The monoisotopic (exact) mass is 402 g/mol. The zero-order chi connectivity index (χ0) is 15.7. The molecule has 0 radical (unpaired) electrons. The van der Waals surface area contributed by atoms with E-state index in [2.05, 4.69) is 26.1 Å². The van der Waals surface area contributed by atoms with E-state index in [1.807, 2.05) is 0 Å². The van der Waals surface area contributed by atoms with Crippen molar-refractivity contribution in [1.82, 2.24) is 10.2 Å². The fourth-order valence-electron chi connectivity index (χ4n) is 2.72. The Kier molecular flexibility index (Phi) is 4.76. The van der Waals surface area contributed by atoms with Gasteiger partial charge in [-0.1, -0.05) is 52.0 Å². The summed E-state index contributed by atoms with van der Waals surface area (Å²) in [4.78, 5) is 12.0. The van der Waals surface area contributed by atoms with Crippen molar-refractivity contribution in [2.24, 2.45) is 0 Å². The Hall–Kier alpha value is -1.04. The van der Waals surface area contributed by atoms with E-state index in [9.17, 15) is 4.79 Å². The van der Waals surface area contributed by atoms with Crippen molar-refractivity contribution >= 4 is 39.1 Å². The van der Waals surface area contributed by atoms with Gasteiger partial charge in [0, 0.05) is 16.1 Å². The van der Waals surface area contributed by atoms with Crippen LogP contribution in [-0.2, 0) is 0 Å². The van der Waals surface area contributed by atoms with Crippen molar-refractivity contribution < 1.29 is 4.74 Å². The summed E-state index contributed by atoms with van der Waals surface area (Å²) in [6.45, 7) is 0. The molecule has 1 heterocycles. The highest BCUT2D eigenvalue weighted by atomic mass is 79.9. The van der Waals surface area contributed by atoms with E-state index in [1.54, 1.807) is 18.2 Å². The second-order valence-corrected chi connectivity index (χ2v) is 7.00. The van der Waals surface area contributed by atoms with Crippen LogP contribution in [0.4, 0.5) is 0 Å². The van der Waals surface area contributed by atoms with Crippen molar-refractivity contribution in [2.45, 2.75) is 31.6 Å². The minimum atomic E-state index is -0.160. The summed E-state index contributed by atoms with van der Waals surface area (Å²) >= 11 is 15.6. The van der Waals surface area contributed by atoms with E-state index in [0.717, 1.165) is 30.2 Å². The molecule has 1 saturated carbocycles. The Bertz CT molecular complexity index is 734. The second-order valence-electron chi connectivity index (χ2n) is 5.27. The maximum absolute atomic E-state index is 12.0. The molecule has 1 N–H and O–H groups in total. The Morgan fingerprint density at radius 2 is 1.82 bits per heavy atom. The molecule has 0 atom stereocenters. The number of aromatic nitrogens is 2. The van der Waals surface area contributed by atoms with Gasteiger partial charge in [-0.05, 0) is 30.9 Å². The van der Waals surface area contributed by atoms with E-state index in [4.69, 9.17) is 27.9 Å². The number of halogens is 3. The van der Waals surface area contributed by atoms with Crippen LogP contribution in [0.25, 0.3) is 0 Å². The summed E-state index contributed by atoms with van der Waals surface area (Å²) < 4.78 is 6.44. The largest absolute Gasteiger partial charge is 0.434 e. The zero-order valence-electron chi connectivity index (χ0n) is 11.5. The van der Waals surface area contributed by atoms with Crippen LogP contribution >= 0.6 is 39.1 Å². The van der Waals surface area contributed by atoms with Gasteiger partial charge in [-0.25, -0.2) is 5.10 Å². The summed E-state index contributed by atoms with van der Waals surface area (Å²) in [5.41, 5.74) is 0.555. The highest BCUT2D eigenvalue weighted by Crippen LogP contribution is 2.39. The van der Waals surface area contributed by atoms with E-state index >= 15 is 0 Å². The summed E-state index contributed by atoms with van der Waals surface area (Å²) in [6.07, 6.45) is 4.33. The number of hydrogen-bond donors (Lipinski definition) is 1. The van der Waals surface area contributed by atoms with Crippen LogP contribution in [0.2, 0.25) is 10.0 Å². The third-order valence-electron chi connectivity index (χ3n) is 3.77. The number of nitrogens with one attached hydrogen (secondary N) is 1. The molecule has 0 amide bonds. The van der Waals surface area contributed by atoms with Crippen LogP contribution in [0.3, 0.4) is 0 Å². The molecule has 4 nitrogen and oxygen atoms in total. The third-order valence-corrected chi connectivity index (χ3v) is 4.79. The quantitative estimate of drug-likeness (QED) is 0.757. The number of aromatic amines is 1. The average Bonchev–Trinajstić information content (AvgIpc) is 2.98. The van der Waals surface area contributed by atoms with Crippen molar-refractivity contribution in [1.29, 1.82) is 0 Å². The van der Waals surface area contributed by atoms with Gasteiger partial charge >= 0.3 is 0 Å². The first-order chi connectivity index (χ1) is 10.5. The summed E-state index contributed by atoms with van der Waals surface area (Å²) in [6, 6.07) is 5.06. The van der Waals surface area contributed by atoms with E-state index in [-0.39, 0.29) is 17.4 Å². The fraction of sp³-hybridized carbons (Fsp3) is 0.333. The lowest BCUT2D eigenvalue weighted by molar-refractivity contribution is 0.452. The average molecular weight is 404 g/mol. The Morgan fingerprint density at radius 1 is 1.18 bits per heavy atom. The number of nitrogens with zero attached hydrogens (tertiary/aromatic N) is 1.